The average Bonchev–Trinajstić information content (AvgIpc) is 3.29. The van der Waals surface area contributed by atoms with Crippen molar-refractivity contribution in [2.24, 2.45) is 17.1 Å². The van der Waals surface area contributed by atoms with Gasteiger partial charge in [-0.3, -0.25) is 4.79 Å². The number of carboxylic acid groups (broad SMARTS) is 1. The molecule has 4 rings (SSSR count). The third kappa shape index (κ3) is 5.35. The summed E-state index contributed by atoms with van der Waals surface area (Å²) in [7, 11) is 0. The van der Waals surface area contributed by atoms with E-state index >= 15 is 0 Å². The van der Waals surface area contributed by atoms with Gasteiger partial charge in [-0.25, -0.2) is 15.0 Å². The number of nitrogens with two attached hydrogens (primary N) is 1. The number of aliphatic carboxylic acids is 1. The molecule has 2 unspecified atom stereocenters. The quantitative estimate of drug-likeness (QED) is 0.359. The molecular formula is C24H26F3N5O3S. The highest BCUT2D eigenvalue weighted by atomic mass is 32.1. The van der Waals surface area contributed by atoms with Crippen LogP contribution in [0.15, 0.2) is 36.7 Å². The smallest absolute Gasteiger partial charge is 0.433 e. The molecule has 2 atom stereocenters. The number of carbonyl (C=O) groups is 1. The summed E-state index contributed by atoms with van der Waals surface area (Å²) in [6.45, 7) is 3.86. The molecule has 0 saturated heterocycles. The minimum atomic E-state index is -4.60. The Kier molecular flexibility index (Phi) is 6.80. The predicted molar refractivity (Wildman–Crippen MR) is 128 cm³/mol. The minimum Gasteiger partial charge on any atom is -0.481 e. The normalized spacial score (nSPS) is 21.8. The topological polar surface area (TPSA) is 134 Å². The van der Waals surface area contributed by atoms with Gasteiger partial charge in [-0.05, 0) is 60.1 Å². The second-order valence-corrected chi connectivity index (χ2v) is 10.7. The molecule has 2 aromatic heterocycles. The van der Waals surface area contributed by atoms with Crippen LogP contribution >= 0.6 is 11.3 Å². The van der Waals surface area contributed by atoms with Crippen molar-refractivity contribution in [1.29, 1.82) is 0 Å². The molecule has 1 aliphatic carbocycles. The summed E-state index contributed by atoms with van der Waals surface area (Å²) in [5.74, 6) is -1.63. The Morgan fingerprint density at radius 2 is 2.03 bits per heavy atom. The van der Waals surface area contributed by atoms with E-state index in [1.807, 2.05) is 19.9 Å². The largest absolute Gasteiger partial charge is 0.481 e. The number of hydrogen-bond donors (Lipinski definition) is 4. The number of anilines is 2. The molecule has 0 aliphatic heterocycles. The number of thiazole rings is 1. The summed E-state index contributed by atoms with van der Waals surface area (Å²) in [6.07, 6.45) is -1.07. The van der Waals surface area contributed by atoms with E-state index in [-0.39, 0.29) is 25.3 Å². The Hall–Kier alpha value is -3.09. The van der Waals surface area contributed by atoms with Gasteiger partial charge in [0.25, 0.3) is 0 Å². The first-order chi connectivity index (χ1) is 16.8. The van der Waals surface area contributed by atoms with Gasteiger partial charge in [0.15, 0.2) is 0 Å². The summed E-state index contributed by atoms with van der Waals surface area (Å²) in [4.78, 5) is 24.2. The standard InChI is InChI=1S/C24H26F3N5O3S/c1-22(2)12-23(35,5-3-16(22)19(33)34)20-30-11-17(36-20)14-7-13(10-28)8-15(9-14)31-21-29-6-4-18(32-21)24(25,26)27/h4,6-9,11,16,35H,3,5,10,12,28H2,1-2H3,(H,33,34)(H,29,31,32). The Balaban J connectivity index is 1.62. The van der Waals surface area contributed by atoms with Crippen LogP contribution < -0.4 is 11.1 Å². The van der Waals surface area contributed by atoms with Crippen molar-refractivity contribution in [3.8, 4) is 10.4 Å². The molecule has 192 valence electrons. The van der Waals surface area contributed by atoms with Crippen LogP contribution in [0.4, 0.5) is 24.8 Å². The zero-order valence-electron chi connectivity index (χ0n) is 19.6. The maximum absolute atomic E-state index is 13.0. The molecule has 1 saturated carbocycles. The van der Waals surface area contributed by atoms with Crippen LogP contribution in [0.5, 0.6) is 0 Å². The van der Waals surface area contributed by atoms with Gasteiger partial charge in [-0.1, -0.05) is 13.8 Å². The lowest BCUT2D eigenvalue weighted by Gasteiger charge is -2.44. The lowest BCUT2D eigenvalue weighted by atomic mass is 9.63. The summed E-state index contributed by atoms with van der Waals surface area (Å²) in [5, 5.41) is 24.2. The van der Waals surface area contributed by atoms with Crippen molar-refractivity contribution < 1.29 is 28.2 Å². The van der Waals surface area contributed by atoms with E-state index in [1.165, 1.54) is 11.3 Å². The van der Waals surface area contributed by atoms with Crippen LogP contribution in [-0.2, 0) is 23.1 Å². The van der Waals surface area contributed by atoms with Crippen molar-refractivity contribution in [2.75, 3.05) is 5.32 Å². The highest BCUT2D eigenvalue weighted by molar-refractivity contribution is 7.15. The Morgan fingerprint density at radius 3 is 2.67 bits per heavy atom. The van der Waals surface area contributed by atoms with Gasteiger partial charge in [-0.15, -0.1) is 11.3 Å². The number of rotatable bonds is 6. The molecule has 8 nitrogen and oxygen atoms in total. The van der Waals surface area contributed by atoms with Gasteiger partial charge in [-0.2, -0.15) is 13.2 Å². The number of aromatic nitrogens is 3. The molecule has 12 heteroatoms. The highest BCUT2D eigenvalue weighted by Gasteiger charge is 2.49. The van der Waals surface area contributed by atoms with Crippen LogP contribution in [0.25, 0.3) is 10.4 Å². The summed E-state index contributed by atoms with van der Waals surface area (Å²) in [5.41, 5.74) is 4.79. The molecule has 3 aromatic rings. The number of halogens is 3. The van der Waals surface area contributed by atoms with Gasteiger partial charge in [0, 0.05) is 24.6 Å². The molecule has 2 heterocycles. The first-order valence-corrected chi connectivity index (χ1v) is 12.1. The van der Waals surface area contributed by atoms with Crippen molar-refractivity contribution in [2.45, 2.75) is 51.4 Å². The van der Waals surface area contributed by atoms with E-state index in [0.29, 0.717) is 22.7 Å². The molecule has 1 aromatic carbocycles. The third-order valence-electron chi connectivity index (χ3n) is 6.46. The molecule has 0 spiro atoms. The van der Waals surface area contributed by atoms with Crippen molar-refractivity contribution in [1.82, 2.24) is 15.0 Å². The van der Waals surface area contributed by atoms with E-state index in [0.717, 1.165) is 22.7 Å². The molecular weight excluding hydrogens is 495 g/mol. The summed E-state index contributed by atoms with van der Waals surface area (Å²) in [6, 6.07) is 6.04. The van der Waals surface area contributed by atoms with Crippen molar-refractivity contribution in [3.05, 3.63) is 52.9 Å². The second kappa shape index (κ2) is 9.41. The van der Waals surface area contributed by atoms with Crippen molar-refractivity contribution >= 4 is 28.9 Å². The Morgan fingerprint density at radius 1 is 1.28 bits per heavy atom. The zero-order chi connectivity index (χ0) is 26.3. The number of hydrogen-bond acceptors (Lipinski definition) is 8. The average molecular weight is 522 g/mol. The van der Waals surface area contributed by atoms with Crippen LogP contribution in [0.2, 0.25) is 0 Å². The lowest BCUT2D eigenvalue weighted by Crippen LogP contribution is -2.44. The Bertz CT molecular complexity index is 1280. The fourth-order valence-corrected chi connectivity index (χ4v) is 5.75. The van der Waals surface area contributed by atoms with Gasteiger partial charge in [0.2, 0.25) is 5.95 Å². The van der Waals surface area contributed by atoms with E-state index in [9.17, 15) is 28.2 Å². The number of aliphatic hydroxyl groups is 1. The highest BCUT2D eigenvalue weighted by Crippen LogP contribution is 2.51. The van der Waals surface area contributed by atoms with Crippen LogP contribution in [-0.4, -0.2) is 31.1 Å². The third-order valence-corrected chi connectivity index (χ3v) is 7.69. The zero-order valence-corrected chi connectivity index (χ0v) is 20.5. The van der Waals surface area contributed by atoms with Crippen LogP contribution in [0.1, 0.15) is 49.4 Å². The molecule has 36 heavy (non-hydrogen) atoms. The fourth-order valence-electron chi connectivity index (χ4n) is 4.73. The maximum Gasteiger partial charge on any atom is 0.433 e. The van der Waals surface area contributed by atoms with Gasteiger partial charge < -0.3 is 21.3 Å². The van der Waals surface area contributed by atoms with E-state index in [2.05, 4.69) is 20.3 Å². The number of carboxylic acids is 1. The van der Waals surface area contributed by atoms with Gasteiger partial charge in [0.05, 0.1) is 10.8 Å². The first kappa shape index (κ1) is 26.0. The van der Waals surface area contributed by atoms with E-state index in [1.54, 1.807) is 18.3 Å². The Labute approximate surface area is 209 Å². The number of nitrogens with one attached hydrogen (secondary N) is 1. The number of benzene rings is 1. The minimum absolute atomic E-state index is 0.187. The van der Waals surface area contributed by atoms with Gasteiger partial charge in [0.1, 0.15) is 16.3 Å². The molecule has 0 bridgehead atoms. The fraction of sp³-hybridized carbons (Fsp3) is 0.417. The second-order valence-electron chi connectivity index (χ2n) is 9.67. The first-order valence-electron chi connectivity index (χ1n) is 11.2. The summed E-state index contributed by atoms with van der Waals surface area (Å²) >= 11 is 1.28. The predicted octanol–water partition coefficient (Wildman–Crippen LogP) is 4.92. The molecule has 1 fully saturated rings. The van der Waals surface area contributed by atoms with E-state index < -0.39 is 34.8 Å². The number of alkyl halides is 3. The molecule has 1 aliphatic rings. The lowest BCUT2D eigenvalue weighted by molar-refractivity contribution is -0.154. The molecule has 5 N–H and O–H groups in total. The monoisotopic (exact) mass is 521 g/mol. The number of nitrogens with zero attached hydrogens (tertiary/aromatic N) is 3. The molecule has 0 amide bonds. The van der Waals surface area contributed by atoms with E-state index in [4.69, 9.17) is 5.73 Å². The van der Waals surface area contributed by atoms with Crippen LogP contribution in [0.3, 0.4) is 0 Å². The molecule has 0 radical (unpaired) electrons. The van der Waals surface area contributed by atoms with Crippen LogP contribution in [0, 0.1) is 11.3 Å². The summed E-state index contributed by atoms with van der Waals surface area (Å²) < 4.78 is 39.1. The SMILES string of the molecule is CC1(C)CC(O)(c2ncc(-c3cc(CN)cc(Nc4nccc(C(F)(F)F)n4)c3)s2)CCC1C(=O)O. The van der Waals surface area contributed by atoms with Crippen molar-refractivity contribution in [3.63, 3.8) is 0 Å². The van der Waals surface area contributed by atoms with Gasteiger partial charge >= 0.3 is 12.1 Å². The maximum atomic E-state index is 13.0.